The largest absolute Gasteiger partial charge is 0.352 e. The zero-order chi connectivity index (χ0) is 12.4. The standard InChI is InChI=1S/C14H25N3O/c18-14-7-4-12(16-14)10-17(13-5-6-13)9-11-3-1-2-8-15-11/h11-13,15H,1-10H2,(H,16,18). The molecule has 0 bridgehead atoms. The van der Waals surface area contributed by atoms with E-state index in [1.165, 1.54) is 45.2 Å². The van der Waals surface area contributed by atoms with Gasteiger partial charge in [0.25, 0.3) is 0 Å². The Morgan fingerprint density at radius 2 is 1.89 bits per heavy atom. The molecule has 3 aliphatic rings. The first-order valence-corrected chi connectivity index (χ1v) is 7.58. The topological polar surface area (TPSA) is 44.4 Å². The molecule has 2 unspecified atom stereocenters. The van der Waals surface area contributed by atoms with E-state index in [-0.39, 0.29) is 5.91 Å². The van der Waals surface area contributed by atoms with Gasteiger partial charge in [-0.3, -0.25) is 9.69 Å². The fourth-order valence-corrected chi connectivity index (χ4v) is 3.27. The third kappa shape index (κ3) is 3.23. The van der Waals surface area contributed by atoms with E-state index < -0.39 is 0 Å². The number of hydrogen-bond donors (Lipinski definition) is 2. The molecule has 1 saturated carbocycles. The van der Waals surface area contributed by atoms with Gasteiger partial charge in [0.2, 0.25) is 5.91 Å². The van der Waals surface area contributed by atoms with Crippen LogP contribution in [0.2, 0.25) is 0 Å². The van der Waals surface area contributed by atoms with Crippen LogP contribution >= 0.6 is 0 Å². The zero-order valence-electron chi connectivity index (χ0n) is 11.2. The van der Waals surface area contributed by atoms with Gasteiger partial charge >= 0.3 is 0 Å². The van der Waals surface area contributed by atoms with Crippen LogP contribution in [0.15, 0.2) is 0 Å². The van der Waals surface area contributed by atoms with E-state index in [0.29, 0.717) is 12.1 Å². The Morgan fingerprint density at radius 1 is 1.06 bits per heavy atom. The SMILES string of the molecule is O=C1CCC(CN(CC2CCCCN2)C2CC2)N1. The van der Waals surface area contributed by atoms with Crippen molar-refractivity contribution >= 4 is 5.91 Å². The molecule has 3 rings (SSSR count). The van der Waals surface area contributed by atoms with Crippen LogP contribution in [0.5, 0.6) is 0 Å². The van der Waals surface area contributed by atoms with Crippen LogP contribution in [-0.4, -0.2) is 48.6 Å². The van der Waals surface area contributed by atoms with Gasteiger partial charge in [-0.25, -0.2) is 0 Å². The normalized spacial score (nSPS) is 32.8. The van der Waals surface area contributed by atoms with Crippen LogP contribution in [0, 0.1) is 0 Å². The monoisotopic (exact) mass is 251 g/mol. The number of carbonyl (C=O) groups is 1. The van der Waals surface area contributed by atoms with Crippen molar-refractivity contribution in [2.45, 2.75) is 63.1 Å². The smallest absolute Gasteiger partial charge is 0.220 e. The fourth-order valence-electron chi connectivity index (χ4n) is 3.27. The number of nitrogens with one attached hydrogen (secondary N) is 2. The first-order chi connectivity index (χ1) is 8.81. The molecule has 0 aromatic rings. The molecule has 2 aliphatic heterocycles. The van der Waals surface area contributed by atoms with Gasteiger partial charge in [-0.05, 0) is 38.6 Å². The maximum Gasteiger partial charge on any atom is 0.220 e. The number of nitrogens with zero attached hydrogens (tertiary/aromatic N) is 1. The van der Waals surface area contributed by atoms with Crippen molar-refractivity contribution in [1.29, 1.82) is 0 Å². The summed E-state index contributed by atoms with van der Waals surface area (Å²) >= 11 is 0. The van der Waals surface area contributed by atoms with Crippen molar-refractivity contribution in [2.24, 2.45) is 0 Å². The molecule has 102 valence electrons. The summed E-state index contributed by atoms with van der Waals surface area (Å²) in [5, 5.41) is 6.74. The minimum absolute atomic E-state index is 0.242. The summed E-state index contributed by atoms with van der Waals surface area (Å²) in [6, 6.07) is 1.88. The van der Waals surface area contributed by atoms with Crippen LogP contribution in [0.4, 0.5) is 0 Å². The Labute approximate surface area is 109 Å². The predicted molar refractivity (Wildman–Crippen MR) is 71.4 cm³/mol. The molecule has 2 N–H and O–H groups in total. The van der Waals surface area contributed by atoms with E-state index >= 15 is 0 Å². The van der Waals surface area contributed by atoms with E-state index in [1.54, 1.807) is 0 Å². The first kappa shape index (κ1) is 12.4. The molecule has 18 heavy (non-hydrogen) atoms. The summed E-state index contributed by atoms with van der Waals surface area (Å²) in [5.41, 5.74) is 0. The molecule has 4 nitrogen and oxygen atoms in total. The number of carbonyl (C=O) groups excluding carboxylic acids is 1. The van der Waals surface area contributed by atoms with Crippen LogP contribution in [-0.2, 0) is 4.79 Å². The summed E-state index contributed by atoms with van der Waals surface area (Å²) in [5.74, 6) is 0.242. The second-order valence-electron chi connectivity index (χ2n) is 6.14. The highest BCUT2D eigenvalue weighted by atomic mass is 16.1. The summed E-state index contributed by atoms with van der Waals surface area (Å²) in [4.78, 5) is 13.9. The molecule has 3 fully saturated rings. The van der Waals surface area contributed by atoms with Crippen LogP contribution in [0.25, 0.3) is 0 Å². The molecular formula is C14H25N3O. The number of rotatable bonds is 5. The highest BCUT2D eigenvalue weighted by Gasteiger charge is 2.33. The Bertz CT molecular complexity index is 297. The highest BCUT2D eigenvalue weighted by Crippen LogP contribution is 2.28. The van der Waals surface area contributed by atoms with E-state index in [9.17, 15) is 4.79 Å². The average Bonchev–Trinajstić information content (AvgIpc) is 3.15. The molecule has 0 aromatic carbocycles. The van der Waals surface area contributed by atoms with Gasteiger partial charge in [0.1, 0.15) is 0 Å². The number of amides is 1. The molecule has 4 heteroatoms. The highest BCUT2D eigenvalue weighted by molar-refractivity contribution is 5.78. The summed E-state index contributed by atoms with van der Waals surface area (Å²) in [7, 11) is 0. The average molecular weight is 251 g/mol. The summed E-state index contributed by atoms with van der Waals surface area (Å²) < 4.78 is 0. The van der Waals surface area contributed by atoms with Crippen LogP contribution in [0.3, 0.4) is 0 Å². The van der Waals surface area contributed by atoms with Gasteiger partial charge in [0, 0.05) is 37.6 Å². The molecule has 2 atom stereocenters. The lowest BCUT2D eigenvalue weighted by Crippen LogP contribution is -2.48. The van der Waals surface area contributed by atoms with Crippen molar-refractivity contribution in [1.82, 2.24) is 15.5 Å². The lowest BCUT2D eigenvalue weighted by Gasteiger charge is -2.32. The van der Waals surface area contributed by atoms with Gasteiger partial charge in [0.05, 0.1) is 0 Å². The lowest BCUT2D eigenvalue weighted by molar-refractivity contribution is -0.119. The predicted octanol–water partition coefficient (Wildman–Crippen LogP) is 0.872. The minimum Gasteiger partial charge on any atom is -0.352 e. The molecule has 1 amide bonds. The lowest BCUT2D eigenvalue weighted by atomic mass is 10.0. The fraction of sp³-hybridized carbons (Fsp3) is 0.929. The molecule has 0 spiro atoms. The Balaban J connectivity index is 1.50. The second-order valence-corrected chi connectivity index (χ2v) is 6.14. The van der Waals surface area contributed by atoms with E-state index in [4.69, 9.17) is 0 Å². The van der Waals surface area contributed by atoms with Gasteiger partial charge < -0.3 is 10.6 Å². The van der Waals surface area contributed by atoms with Gasteiger partial charge in [-0.2, -0.15) is 0 Å². The van der Waals surface area contributed by atoms with Crippen LogP contribution < -0.4 is 10.6 Å². The third-order valence-electron chi connectivity index (χ3n) is 4.47. The third-order valence-corrected chi connectivity index (χ3v) is 4.47. The van der Waals surface area contributed by atoms with E-state index in [2.05, 4.69) is 15.5 Å². The Hall–Kier alpha value is -0.610. The van der Waals surface area contributed by atoms with Gasteiger partial charge in [0.15, 0.2) is 0 Å². The van der Waals surface area contributed by atoms with Gasteiger partial charge in [-0.15, -0.1) is 0 Å². The molecule has 1 aliphatic carbocycles. The maximum atomic E-state index is 11.3. The Kier molecular flexibility index (Phi) is 3.85. The number of piperidine rings is 1. The molecule has 0 radical (unpaired) electrons. The number of hydrogen-bond acceptors (Lipinski definition) is 3. The Morgan fingerprint density at radius 3 is 2.50 bits per heavy atom. The quantitative estimate of drug-likeness (QED) is 0.762. The summed E-state index contributed by atoms with van der Waals surface area (Å²) in [6.07, 6.45) is 8.49. The van der Waals surface area contributed by atoms with Crippen molar-refractivity contribution in [2.75, 3.05) is 19.6 Å². The van der Waals surface area contributed by atoms with Crippen molar-refractivity contribution in [3.8, 4) is 0 Å². The molecular weight excluding hydrogens is 226 g/mol. The van der Waals surface area contributed by atoms with Crippen molar-refractivity contribution in [3.63, 3.8) is 0 Å². The molecule has 0 aromatic heterocycles. The van der Waals surface area contributed by atoms with Crippen LogP contribution in [0.1, 0.15) is 44.9 Å². The zero-order valence-corrected chi connectivity index (χ0v) is 11.2. The van der Waals surface area contributed by atoms with E-state index in [0.717, 1.165) is 25.4 Å². The molecule has 2 heterocycles. The van der Waals surface area contributed by atoms with Crippen molar-refractivity contribution in [3.05, 3.63) is 0 Å². The first-order valence-electron chi connectivity index (χ1n) is 7.58. The van der Waals surface area contributed by atoms with E-state index in [1.807, 2.05) is 0 Å². The minimum atomic E-state index is 0.242. The second kappa shape index (κ2) is 5.57. The maximum absolute atomic E-state index is 11.3. The van der Waals surface area contributed by atoms with Gasteiger partial charge in [-0.1, -0.05) is 6.42 Å². The summed E-state index contributed by atoms with van der Waals surface area (Å²) in [6.45, 7) is 3.43. The van der Waals surface area contributed by atoms with Crippen molar-refractivity contribution < 1.29 is 4.79 Å². The molecule has 2 saturated heterocycles.